The minimum Gasteiger partial charge on any atom is -0.394 e. The fourth-order valence-corrected chi connectivity index (χ4v) is 9.18. The monoisotopic (exact) mass is 860 g/mol. The summed E-state index contributed by atoms with van der Waals surface area (Å²) >= 11 is 0. The van der Waals surface area contributed by atoms with Crippen molar-refractivity contribution in [1.82, 2.24) is 5.32 Å². The summed E-state index contributed by atoms with van der Waals surface area (Å²) in [5.41, 5.74) is 0. The molecule has 0 aromatic carbocycles. The number of aliphatic hydroxyl groups is 2. The molecule has 0 aliphatic carbocycles. The molecule has 61 heavy (non-hydrogen) atoms. The minimum atomic E-state index is -0.834. The lowest BCUT2D eigenvalue weighted by atomic mass is 10.0. The molecule has 4 nitrogen and oxygen atoms in total. The number of carbonyl (C=O) groups is 1. The van der Waals surface area contributed by atoms with Gasteiger partial charge in [0.25, 0.3) is 0 Å². The molecular formula is C57H113NO3. The van der Waals surface area contributed by atoms with Gasteiger partial charge in [0, 0.05) is 6.42 Å². The summed E-state index contributed by atoms with van der Waals surface area (Å²) in [6.45, 7) is 4.34. The Bertz CT molecular complexity index is 844. The van der Waals surface area contributed by atoms with Crippen LogP contribution in [0.4, 0.5) is 0 Å². The second kappa shape index (κ2) is 53.5. The van der Waals surface area contributed by atoms with Gasteiger partial charge in [-0.2, -0.15) is 0 Å². The van der Waals surface area contributed by atoms with Gasteiger partial charge in [-0.25, -0.2) is 0 Å². The molecular weight excluding hydrogens is 747 g/mol. The first-order valence-electron chi connectivity index (χ1n) is 28.4. The lowest BCUT2D eigenvalue weighted by Crippen LogP contribution is -2.45. The lowest BCUT2D eigenvalue weighted by Gasteiger charge is -2.20. The highest BCUT2D eigenvalue weighted by Crippen LogP contribution is 2.18. The smallest absolute Gasteiger partial charge is 0.220 e. The average Bonchev–Trinajstić information content (AvgIpc) is 3.26. The average molecular weight is 861 g/mol. The first-order chi connectivity index (χ1) is 30.2. The Balaban J connectivity index is 3.38. The van der Waals surface area contributed by atoms with E-state index >= 15 is 0 Å². The van der Waals surface area contributed by atoms with E-state index in [0.29, 0.717) is 6.42 Å². The molecule has 0 fully saturated rings. The van der Waals surface area contributed by atoms with Crippen molar-refractivity contribution in [3.8, 4) is 0 Å². The summed E-state index contributed by atoms with van der Waals surface area (Å²) in [4.78, 5) is 12.4. The van der Waals surface area contributed by atoms with Gasteiger partial charge in [0.2, 0.25) is 5.91 Å². The molecule has 0 aliphatic heterocycles. The highest BCUT2D eigenvalue weighted by atomic mass is 16.3. The molecule has 0 saturated carbocycles. The van der Waals surface area contributed by atoms with Gasteiger partial charge < -0.3 is 15.5 Å². The second-order valence-corrected chi connectivity index (χ2v) is 19.7. The molecule has 0 bridgehead atoms. The van der Waals surface area contributed by atoms with E-state index in [9.17, 15) is 15.0 Å². The largest absolute Gasteiger partial charge is 0.394 e. The molecule has 2 atom stereocenters. The third kappa shape index (κ3) is 50.0. The normalized spacial score (nSPS) is 12.8. The van der Waals surface area contributed by atoms with Crippen LogP contribution in [0.15, 0.2) is 12.2 Å². The van der Waals surface area contributed by atoms with Crippen molar-refractivity contribution in [2.45, 2.75) is 341 Å². The van der Waals surface area contributed by atoms with E-state index in [0.717, 1.165) is 25.7 Å². The SMILES string of the molecule is CCCCCCCCCCCCCCC/C=C/[C@@H](O)[C@H](CO)NC(=O)CCCCCCCCCCCCCCCCCCCCCCCCCCCCCCCCCCCC. The van der Waals surface area contributed by atoms with E-state index in [2.05, 4.69) is 19.2 Å². The van der Waals surface area contributed by atoms with E-state index in [-0.39, 0.29) is 12.5 Å². The topological polar surface area (TPSA) is 69.6 Å². The molecule has 0 aromatic rings. The maximum atomic E-state index is 12.4. The molecule has 0 spiro atoms. The van der Waals surface area contributed by atoms with Crippen molar-refractivity contribution < 1.29 is 15.0 Å². The first-order valence-corrected chi connectivity index (χ1v) is 28.4. The third-order valence-electron chi connectivity index (χ3n) is 13.5. The van der Waals surface area contributed by atoms with Gasteiger partial charge in [-0.15, -0.1) is 0 Å². The zero-order valence-electron chi connectivity index (χ0n) is 42.0. The van der Waals surface area contributed by atoms with Gasteiger partial charge in [0.15, 0.2) is 0 Å². The first kappa shape index (κ1) is 60.1. The van der Waals surface area contributed by atoms with Crippen LogP contribution in [0.2, 0.25) is 0 Å². The van der Waals surface area contributed by atoms with Gasteiger partial charge in [-0.05, 0) is 19.3 Å². The number of nitrogens with one attached hydrogen (secondary N) is 1. The summed E-state index contributed by atoms with van der Waals surface area (Å²) < 4.78 is 0. The Morgan fingerprint density at radius 2 is 0.607 bits per heavy atom. The summed E-state index contributed by atoms with van der Waals surface area (Å²) in [7, 11) is 0. The summed E-state index contributed by atoms with van der Waals surface area (Å²) in [6.07, 6.45) is 69.6. The highest BCUT2D eigenvalue weighted by Gasteiger charge is 2.18. The van der Waals surface area contributed by atoms with Gasteiger partial charge in [0.1, 0.15) is 0 Å². The molecule has 0 unspecified atom stereocenters. The van der Waals surface area contributed by atoms with E-state index in [1.807, 2.05) is 6.08 Å². The maximum absolute atomic E-state index is 12.4. The van der Waals surface area contributed by atoms with Crippen LogP contribution in [0.1, 0.15) is 328 Å². The Morgan fingerprint density at radius 1 is 0.377 bits per heavy atom. The Morgan fingerprint density at radius 3 is 0.852 bits per heavy atom. The zero-order valence-corrected chi connectivity index (χ0v) is 42.0. The summed E-state index contributed by atoms with van der Waals surface area (Å²) in [5.74, 6) is -0.0566. The van der Waals surface area contributed by atoms with Crippen LogP contribution >= 0.6 is 0 Å². The van der Waals surface area contributed by atoms with Gasteiger partial charge in [0.05, 0.1) is 18.8 Å². The zero-order chi connectivity index (χ0) is 44.2. The Labute approximate surface area is 384 Å². The van der Waals surface area contributed by atoms with Gasteiger partial charge in [-0.3, -0.25) is 4.79 Å². The van der Waals surface area contributed by atoms with Crippen LogP contribution in [0.3, 0.4) is 0 Å². The van der Waals surface area contributed by atoms with Crippen LogP contribution in [0.25, 0.3) is 0 Å². The van der Waals surface area contributed by atoms with Crippen molar-refractivity contribution in [1.29, 1.82) is 0 Å². The number of carbonyl (C=O) groups excluding carboxylic acids is 1. The maximum Gasteiger partial charge on any atom is 0.220 e. The standard InChI is InChI=1S/C57H113NO3/c1-3-5-7-9-11-13-15-17-19-20-21-22-23-24-25-26-27-28-29-30-31-32-33-34-35-36-37-39-41-43-45-47-49-51-53-57(61)58-55(54-59)56(60)52-50-48-46-44-42-40-38-18-16-14-12-10-8-6-4-2/h50,52,55-56,59-60H,3-49,51,53-54H2,1-2H3,(H,58,61)/b52-50+/t55-,56+/m0/s1. The van der Waals surface area contributed by atoms with Gasteiger partial charge in [-0.1, -0.05) is 315 Å². The van der Waals surface area contributed by atoms with Crippen molar-refractivity contribution in [3.05, 3.63) is 12.2 Å². The summed E-state index contributed by atoms with van der Waals surface area (Å²) in [5, 5.41) is 23.1. The van der Waals surface area contributed by atoms with E-state index in [1.165, 1.54) is 283 Å². The fraction of sp³-hybridized carbons (Fsp3) is 0.947. The Hall–Kier alpha value is -0.870. The van der Waals surface area contributed by atoms with Crippen molar-refractivity contribution in [2.75, 3.05) is 6.61 Å². The van der Waals surface area contributed by atoms with Crippen LogP contribution in [0.5, 0.6) is 0 Å². The molecule has 0 radical (unpaired) electrons. The third-order valence-corrected chi connectivity index (χ3v) is 13.5. The van der Waals surface area contributed by atoms with Crippen LogP contribution in [-0.2, 0) is 4.79 Å². The second-order valence-electron chi connectivity index (χ2n) is 19.7. The molecule has 3 N–H and O–H groups in total. The molecule has 4 heteroatoms. The quantitative estimate of drug-likeness (QED) is 0.0421. The number of allylic oxidation sites excluding steroid dienone is 1. The van der Waals surface area contributed by atoms with Crippen LogP contribution in [-0.4, -0.2) is 34.9 Å². The number of rotatable bonds is 53. The number of amides is 1. The van der Waals surface area contributed by atoms with Crippen molar-refractivity contribution >= 4 is 5.91 Å². The van der Waals surface area contributed by atoms with Crippen LogP contribution < -0.4 is 5.32 Å². The lowest BCUT2D eigenvalue weighted by molar-refractivity contribution is -0.123. The van der Waals surface area contributed by atoms with E-state index < -0.39 is 12.1 Å². The number of hydrogen-bond donors (Lipinski definition) is 3. The minimum absolute atomic E-state index is 0.0566. The van der Waals surface area contributed by atoms with Crippen molar-refractivity contribution in [2.24, 2.45) is 0 Å². The van der Waals surface area contributed by atoms with E-state index in [4.69, 9.17) is 0 Å². The fourth-order valence-electron chi connectivity index (χ4n) is 9.18. The van der Waals surface area contributed by atoms with Crippen molar-refractivity contribution in [3.63, 3.8) is 0 Å². The summed E-state index contributed by atoms with van der Waals surface area (Å²) in [6, 6.07) is -0.617. The number of aliphatic hydroxyl groups excluding tert-OH is 2. The predicted octanol–water partition coefficient (Wildman–Crippen LogP) is 18.5. The predicted molar refractivity (Wildman–Crippen MR) is 272 cm³/mol. The molecule has 0 rings (SSSR count). The molecule has 1 amide bonds. The Kier molecular flexibility index (Phi) is 52.7. The van der Waals surface area contributed by atoms with Crippen LogP contribution in [0, 0.1) is 0 Å². The highest BCUT2D eigenvalue weighted by molar-refractivity contribution is 5.76. The molecule has 0 aromatic heterocycles. The van der Waals surface area contributed by atoms with Gasteiger partial charge >= 0.3 is 0 Å². The number of hydrogen-bond acceptors (Lipinski definition) is 3. The molecule has 0 saturated heterocycles. The molecule has 0 aliphatic rings. The molecule has 364 valence electrons. The number of unbranched alkanes of at least 4 members (excludes halogenated alkanes) is 46. The van der Waals surface area contributed by atoms with E-state index in [1.54, 1.807) is 6.08 Å². The molecule has 0 heterocycles.